The lowest BCUT2D eigenvalue weighted by atomic mass is 10.0. The number of nitrogens with one attached hydrogen (secondary N) is 2. The molecule has 0 aliphatic carbocycles. The molecule has 0 amide bonds. The van der Waals surface area contributed by atoms with Gasteiger partial charge in [0.15, 0.2) is 5.96 Å². The summed E-state index contributed by atoms with van der Waals surface area (Å²) >= 11 is 0. The summed E-state index contributed by atoms with van der Waals surface area (Å²) in [7, 11) is 1.83. The third-order valence-corrected chi connectivity index (χ3v) is 4.64. The zero-order valence-corrected chi connectivity index (χ0v) is 17.7. The second-order valence-corrected chi connectivity index (χ2v) is 6.44. The fourth-order valence-electron chi connectivity index (χ4n) is 3.14. The number of nitrogens with zero attached hydrogens (tertiary/aromatic N) is 2. The molecule has 0 radical (unpaired) electrons. The molecule has 0 spiro atoms. The van der Waals surface area contributed by atoms with Crippen LogP contribution in [0.5, 0.6) is 0 Å². The molecule has 0 aromatic heterocycles. The highest BCUT2D eigenvalue weighted by molar-refractivity contribution is 14.0. The maximum absolute atomic E-state index is 4.28. The fraction of sp³-hybridized carbons (Fsp3) is 0.632. The predicted molar refractivity (Wildman–Crippen MR) is 114 cm³/mol. The number of benzene rings is 1. The maximum Gasteiger partial charge on any atom is 0.191 e. The van der Waals surface area contributed by atoms with Crippen LogP contribution in [0.25, 0.3) is 0 Å². The van der Waals surface area contributed by atoms with E-state index in [1.54, 1.807) is 0 Å². The first kappa shape index (κ1) is 21.2. The van der Waals surface area contributed by atoms with Crippen molar-refractivity contribution in [3.05, 3.63) is 35.4 Å². The van der Waals surface area contributed by atoms with Crippen LogP contribution in [0.1, 0.15) is 50.7 Å². The van der Waals surface area contributed by atoms with Gasteiger partial charge in [-0.15, -0.1) is 24.0 Å². The van der Waals surface area contributed by atoms with Crippen molar-refractivity contribution in [3.63, 3.8) is 0 Å². The van der Waals surface area contributed by atoms with Crippen LogP contribution >= 0.6 is 24.0 Å². The molecular formula is C19H33IN4. The van der Waals surface area contributed by atoms with E-state index in [4.69, 9.17) is 0 Å². The number of guanidine groups is 1. The predicted octanol–water partition coefficient (Wildman–Crippen LogP) is 3.75. The number of hydrogen-bond donors (Lipinski definition) is 2. The second kappa shape index (κ2) is 11.7. The van der Waals surface area contributed by atoms with E-state index in [9.17, 15) is 0 Å². The fourth-order valence-corrected chi connectivity index (χ4v) is 3.14. The Labute approximate surface area is 164 Å². The molecule has 136 valence electrons. The van der Waals surface area contributed by atoms with Crippen molar-refractivity contribution in [1.82, 2.24) is 15.5 Å². The summed E-state index contributed by atoms with van der Waals surface area (Å²) in [5.74, 6) is 0.882. The van der Waals surface area contributed by atoms with Crippen LogP contribution in [0.3, 0.4) is 0 Å². The SMILES string of the molecule is CCCNC(=NC)NCc1ccccc1CN1CCCCC1C.I. The summed E-state index contributed by atoms with van der Waals surface area (Å²) in [4.78, 5) is 6.90. The van der Waals surface area contributed by atoms with Crippen LogP contribution < -0.4 is 10.6 Å². The molecule has 2 rings (SSSR count). The lowest BCUT2D eigenvalue weighted by molar-refractivity contribution is 0.152. The zero-order valence-electron chi connectivity index (χ0n) is 15.3. The van der Waals surface area contributed by atoms with E-state index in [0.717, 1.165) is 32.0 Å². The summed E-state index contributed by atoms with van der Waals surface area (Å²) < 4.78 is 0. The van der Waals surface area contributed by atoms with E-state index in [0.29, 0.717) is 6.04 Å². The first-order valence-electron chi connectivity index (χ1n) is 9.00. The van der Waals surface area contributed by atoms with Crippen molar-refractivity contribution in [2.45, 2.75) is 58.7 Å². The first-order valence-corrected chi connectivity index (χ1v) is 9.00. The minimum Gasteiger partial charge on any atom is -0.356 e. The third-order valence-electron chi connectivity index (χ3n) is 4.64. The molecule has 1 aromatic rings. The molecule has 1 saturated heterocycles. The Bertz CT molecular complexity index is 504. The van der Waals surface area contributed by atoms with Gasteiger partial charge in [0.25, 0.3) is 0 Å². The number of aliphatic imine (C=N–C) groups is 1. The molecule has 1 aliphatic heterocycles. The largest absolute Gasteiger partial charge is 0.356 e. The van der Waals surface area contributed by atoms with Crippen LogP contribution in [-0.4, -0.2) is 37.0 Å². The Morgan fingerprint density at radius 2 is 1.96 bits per heavy atom. The number of piperidine rings is 1. The molecule has 1 aromatic carbocycles. The zero-order chi connectivity index (χ0) is 16.5. The number of rotatable bonds is 6. The molecule has 1 aliphatic rings. The van der Waals surface area contributed by atoms with Crippen molar-refractivity contribution >= 4 is 29.9 Å². The average molecular weight is 444 g/mol. The quantitative estimate of drug-likeness (QED) is 0.399. The Morgan fingerprint density at radius 3 is 2.62 bits per heavy atom. The minimum absolute atomic E-state index is 0. The standard InChI is InChI=1S/C19H32N4.HI/c1-4-12-21-19(20-3)22-14-17-10-5-6-11-18(17)15-23-13-8-7-9-16(23)2;/h5-6,10-11,16H,4,7-9,12-15H2,1-3H3,(H2,20,21,22);1H. The third kappa shape index (κ3) is 6.59. The van der Waals surface area contributed by atoms with E-state index >= 15 is 0 Å². The lowest BCUT2D eigenvalue weighted by Gasteiger charge is -2.33. The van der Waals surface area contributed by atoms with E-state index in [1.807, 2.05) is 7.05 Å². The molecule has 1 fully saturated rings. The van der Waals surface area contributed by atoms with Crippen LogP contribution in [0.4, 0.5) is 0 Å². The monoisotopic (exact) mass is 444 g/mol. The van der Waals surface area contributed by atoms with Gasteiger partial charge in [-0.2, -0.15) is 0 Å². The van der Waals surface area contributed by atoms with Gasteiger partial charge >= 0.3 is 0 Å². The normalized spacial score (nSPS) is 18.8. The van der Waals surface area contributed by atoms with Gasteiger partial charge in [0.2, 0.25) is 0 Å². The molecule has 0 bridgehead atoms. The molecule has 2 N–H and O–H groups in total. The van der Waals surface area contributed by atoms with Gasteiger partial charge in [-0.25, -0.2) is 0 Å². The van der Waals surface area contributed by atoms with Gasteiger partial charge in [0.05, 0.1) is 0 Å². The van der Waals surface area contributed by atoms with Crippen LogP contribution in [0.2, 0.25) is 0 Å². The van der Waals surface area contributed by atoms with E-state index in [-0.39, 0.29) is 24.0 Å². The Kier molecular flexibility index (Phi) is 10.3. The van der Waals surface area contributed by atoms with Gasteiger partial charge in [0.1, 0.15) is 0 Å². The molecule has 24 heavy (non-hydrogen) atoms. The minimum atomic E-state index is 0. The summed E-state index contributed by atoms with van der Waals surface area (Å²) in [5.41, 5.74) is 2.80. The lowest BCUT2D eigenvalue weighted by Crippen LogP contribution is -2.38. The van der Waals surface area contributed by atoms with Gasteiger partial charge in [-0.05, 0) is 43.9 Å². The Hall–Kier alpha value is -0.820. The van der Waals surface area contributed by atoms with Gasteiger partial charge in [-0.1, -0.05) is 37.6 Å². The number of halogens is 1. The van der Waals surface area contributed by atoms with E-state index < -0.39 is 0 Å². The maximum atomic E-state index is 4.28. The molecule has 4 nitrogen and oxygen atoms in total. The van der Waals surface area contributed by atoms with E-state index in [2.05, 4.69) is 58.6 Å². The molecule has 1 unspecified atom stereocenters. The number of likely N-dealkylation sites (tertiary alicyclic amines) is 1. The van der Waals surface area contributed by atoms with Gasteiger partial charge in [-0.3, -0.25) is 9.89 Å². The number of hydrogen-bond acceptors (Lipinski definition) is 2. The smallest absolute Gasteiger partial charge is 0.191 e. The van der Waals surface area contributed by atoms with Gasteiger partial charge < -0.3 is 10.6 Å². The van der Waals surface area contributed by atoms with Crippen molar-refractivity contribution in [2.75, 3.05) is 20.1 Å². The van der Waals surface area contributed by atoms with Crippen molar-refractivity contribution in [1.29, 1.82) is 0 Å². The molecule has 1 heterocycles. The highest BCUT2D eigenvalue weighted by Gasteiger charge is 2.19. The summed E-state index contributed by atoms with van der Waals surface area (Å²) in [5, 5.41) is 6.76. The Morgan fingerprint density at radius 1 is 1.21 bits per heavy atom. The van der Waals surface area contributed by atoms with Gasteiger partial charge in [0, 0.05) is 32.7 Å². The topological polar surface area (TPSA) is 39.7 Å². The van der Waals surface area contributed by atoms with Crippen LogP contribution in [-0.2, 0) is 13.1 Å². The Balaban J connectivity index is 0.00000288. The summed E-state index contributed by atoms with van der Waals surface area (Å²) in [6, 6.07) is 9.47. The highest BCUT2D eigenvalue weighted by atomic mass is 127. The summed E-state index contributed by atoms with van der Waals surface area (Å²) in [6.07, 6.45) is 5.14. The van der Waals surface area contributed by atoms with Crippen LogP contribution in [0.15, 0.2) is 29.3 Å². The molecule has 1 atom stereocenters. The van der Waals surface area contributed by atoms with Crippen molar-refractivity contribution < 1.29 is 0 Å². The van der Waals surface area contributed by atoms with Crippen LogP contribution in [0, 0.1) is 0 Å². The van der Waals surface area contributed by atoms with Crippen molar-refractivity contribution in [3.8, 4) is 0 Å². The van der Waals surface area contributed by atoms with Crippen molar-refractivity contribution in [2.24, 2.45) is 4.99 Å². The highest BCUT2D eigenvalue weighted by Crippen LogP contribution is 2.20. The van der Waals surface area contributed by atoms with E-state index in [1.165, 1.54) is 36.9 Å². The molecule has 5 heteroatoms. The average Bonchev–Trinajstić information content (AvgIpc) is 2.58. The molecule has 0 saturated carbocycles. The summed E-state index contributed by atoms with van der Waals surface area (Å²) in [6.45, 7) is 8.57. The first-order chi connectivity index (χ1) is 11.2. The second-order valence-electron chi connectivity index (χ2n) is 6.44. The molecular weight excluding hydrogens is 411 g/mol.